The Morgan fingerprint density at radius 1 is 0.793 bits per heavy atom. The van der Waals surface area contributed by atoms with Crippen LogP contribution in [0.2, 0.25) is 0 Å². The molecule has 0 saturated heterocycles. The predicted octanol–water partition coefficient (Wildman–Crippen LogP) is 4.56. The van der Waals surface area contributed by atoms with Crippen LogP contribution in [0.5, 0.6) is 0 Å². The minimum Gasteiger partial charge on any atom is -0.352 e. The summed E-state index contributed by atoms with van der Waals surface area (Å²) in [5.41, 5.74) is 3.55. The van der Waals surface area contributed by atoms with E-state index in [1.54, 1.807) is 4.90 Å². The number of anilines is 1. The number of rotatable bonds is 7. The van der Waals surface area contributed by atoms with E-state index in [-0.39, 0.29) is 17.7 Å². The van der Waals surface area contributed by atoms with Crippen molar-refractivity contribution in [2.24, 2.45) is 5.92 Å². The Kier molecular flexibility index (Phi) is 5.71. The van der Waals surface area contributed by atoms with Crippen LogP contribution in [0.25, 0.3) is 0 Å². The highest BCUT2D eigenvalue weighted by molar-refractivity contribution is 6.06. The summed E-state index contributed by atoms with van der Waals surface area (Å²) in [4.78, 5) is 26.9. The summed E-state index contributed by atoms with van der Waals surface area (Å²) >= 11 is 0. The van der Waals surface area contributed by atoms with Crippen LogP contribution in [-0.4, -0.2) is 11.8 Å². The topological polar surface area (TPSA) is 49.4 Å². The summed E-state index contributed by atoms with van der Waals surface area (Å²) < 4.78 is 0. The van der Waals surface area contributed by atoms with Gasteiger partial charge in [-0.25, -0.2) is 0 Å². The van der Waals surface area contributed by atoms with E-state index in [9.17, 15) is 9.59 Å². The van der Waals surface area contributed by atoms with Gasteiger partial charge in [0.2, 0.25) is 5.91 Å². The molecule has 0 radical (unpaired) electrons. The molecule has 0 unspecified atom stereocenters. The Morgan fingerprint density at radius 3 is 2.03 bits per heavy atom. The van der Waals surface area contributed by atoms with Gasteiger partial charge in [0.25, 0.3) is 5.91 Å². The minimum atomic E-state index is -0.0476. The van der Waals surface area contributed by atoms with Crippen LogP contribution in [0.15, 0.2) is 84.9 Å². The molecule has 0 heterocycles. The van der Waals surface area contributed by atoms with E-state index < -0.39 is 0 Å². The molecule has 4 heteroatoms. The summed E-state index contributed by atoms with van der Waals surface area (Å²) in [7, 11) is 0. The maximum atomic E-state index is 13.3. The highest BCUT2D eigenvalue weighted by Gasteiger charge is 2.29. The van der Waals surface area contributed by atoms with Crippen molar-refractivity contribution in [3.8, 4) is 0 Å². The van der Waals surface area contributed by atoms with E-state index in [0.29, 0.717) is 18.7 Å². The molecule has 1 saturated carbocycles. The van der Waals surface area contributed by atoms with E-state index >= 15 is 0 Å². The lowest BCUT2D eigenvalue weighted by Crippen LogP contribution is -2.30. The number of hydrogen-bond donors (Lipinski definition) is 1. The van der Waals surface area contributed by atoms with Crippen molar-refractivity contribution in [1.29, 1.82) is 0 Å². The number of carbonyl (C=O) groups excluding carboxylic acids is 2. The minimum absolute atomic E-state index is 0.0476. The van der Waals surface area contributed by atoms with Gasteiger partial charge in [0.05, 0.1) is 6.54 Å². The van der Waals surface area contributed by atoms with Crippen molar-refractivity contribution in [1.82, 2.24) is 5.32 Å². The fraction of sp³-hybridized carbons (Fsp3) is 0.200. The van der Waals surface area contributed by atoms with Crippen molar-refractivity contribution < 1.29 is 9.59 Å². The molecule has 1 aliphatic carbocycles. The van der Waals surface area contributed by atoms with Gasteiger partial charge in [0, 0.05) is 23.7 Å². The molecule has 0 bridgehead atoms. The van der Waals surface area contributed by atoms with Crippen LogP contribution in [0.3, 0.4) is 0 Å². The fourth-order valence-corrected chi connectivity index (χ4v) is 3.25. The second kappa shape index (κ2) is 8.74. The zero-order valence-corrected chi connectivity index (χ0v) is 16.3. The second-order valence-electron chi connectivity index (χ2n) is 7.40. The van der Waals surface area contributed by atoms with Crippen LogP contribution in [0.1, 0.15) is 34.3 Å². The van der Waals surface area contributed by atoms with Gasteiger partial charge >= 0.3 is 0 Å². The van der Waals surface area contributed by atoms with E-state index in [0.717, 1.165) is 29.7 Å². The zero-order chi connectivity index (χ0) is 20.1. The van der Waals surface area contributed by atoms with Crippen LogP contribution >= 0.6 is 0 Å². The first-order valence-corrected chi connectivity index (χ1v) is 9.98. The van der Waals surface area contributed by atoms with Gasteiger partial charge in [-0.15, -0.1) is 0 Å². The highest BCUT2D eigenvalue weighted by atomic mass is 16.2. The van der Waals surface area contributed by atoms with Crippen molar-refractivity contribution in [2.45, 2.75) is 25.9 Å². The molecule has 29 heavy (non-hydrogen) atoms. The van der Waals surface area contributed by atoms with Crippen molar-refractivity contribution in [3.63, 3.8) is 0 Å². The molecule has 2 amide bonds. The molecular formula is C25H24N2O2. The lowest BCUT2D eigenvalue weighted by atomic mass is 10.1. The molecule has 1 N–H and O–H groups in total. The highest BCUT2D eigenvalue weighted by Crippen LogP contribution is 2.28. The molecule has 0 aromatic heterocycles. The number of hydrogen-bond acceptors (Lipinski definition) is 2. The number of carbonyl (C=O) groups is 2. The van der Waals surface area contributed by atoms with E-state index in [4.69, 9.17) is 0 Å². The monoisotopic (exact) mass is 384 g/mol. The molecule has 4 rings (SSSR count). The van der Waals surface area contributed by atoms with Crippen molar-refractivity contribution in [3.05, 3.63) is 102 Å². The molecule has 146 valence electrons. The van der Waals surface area contributed by atoms with Gasteiger partial charge in [-0.2, -0.15) is 0 Å². The Hall–Kier alpha value is -3.40. The third-order valence-electron chi connectivity index (χ3n) is 5.11. The summed E-state index contributed by atoms with van der Waals surface area (Å²) in [5, 5.41) is 2.96. The smallest absolute Gasteiger partial charge is 0.258 e. The van der Waals surface area contributed by atoms with Gasteiger partial charge in [0.1, 0.15) is 0 Å². The van der Waals surface area contributed by atoms with Gasteiger partial charge in [-0.1, -0.05) is 60.7 Å². The van der Waals surface area contributed by atoms with Gasteiger partial charge in [0.15, 0.2) is 0 Å². The average Bonchev–Trinajstić information content (AvgIpc) is 3.63. The van der Waals surface area contributed by atoms with Gasteiger partial charge < -0.3 is 10.2 Å². The normalized spacial score (nSPS) is 13.0. The molecule has 0 aliphatic heterocycles. The quantitative estimate of drug-likeness (QED) is 0.649. The Labute approximate surface area is 171 Å². The second-order valence-corrected chi connectivity index (χ2v) is 7.40. The third-order valence-corrected chi connectivity index (χ3v) is 5.11. The first kappa shape index (κ1) is 18.9. The summed E-state index contributed by atoms with van der Waals surface area (Å²) in [5.74, 6) is 0.283. The summed E-state index contributed by atoms with van der Waals surface area (Å²) in [6, 6.07) is 27.2. The number of nitrogens with zero attached hydrogens (tertiary/aromatic N) is 1. The number of para-hydroxylation sites is 1. The van der Waals surface area contributed by atoms with Gasteiger partial charge in [-0.05, 0) is 48.2 Å². The SMILES string of the molecule is O=C(NCc1ccc(C(=O)N(Cc2ccccc2)c2ccccc2)cc1)C1CC1. The molecule has 0 spiro atoms. The number of amides is 2. The first-order chi connectivity index (χ1) is 14.2. The predicted molar refractivity (Wildman–Crippen MR) is 114 cm³/mol. The molecule has 4 nitrogen and oxygen atoms in total. The number of nitrogens with one attached hydrogen (secondary N) is 1. The van der Waals surface area contributed by atoms with Gasteiger partial charge in [-0.3, -0.25) is 9.59 Å². The Morgan fingerprint density at radius 2 is 1.41 bits per heavy atom. The largest absolute Gasteiger partial charge is 0.352 e. The van der Waals surface area contributed by atoms with Crippen LogP contribution < -0.4 is 10.2 Å². The molecule has 3 aromatic rings. The average molecular weight is 384 g/mol. The Balaban J connectivity index is 1.49. The summed E-state index contributed by atoms with van der Waals surface area (Å²) in [6.45, 7) is 0.999. The molecule has 3 aromatic carbocycles. The van der Waals surface area contributed by atoms with Crippen molar-refractivity contribution in [2.75, 3.05) is 4.90 Å². The molecular weight excluding hydrogens is 360 g/mol. The van der Waals surface area contributed by atoms with Crippen LogP contribution in [-0.2, 0) is 17.9 Å². The number of benzene rings is 3. The summed E-state index contributed by atoms with van der Waals surface area (Å²) in [6.07, 6.45) is 1.99. The maximum absolute atomic E-state index is 13.3. The lowest BCUT2D eigenvalue weighted by molar-refractivity contribution is -0.122. The van der Waals surface area contributed by atoms with E-state index in [2.05, 4.69) is 5.32 Å². The Bertz CT molecular complexity index is 965. The van der Waals surface area contributed by atoms with Crippen LogP contribution in [0.4, 0.5) is 5.69 Å². The lowest BCUT2D eigenvalue weighted by Gasteiger charge is -2.23. The van der Waals surface area contributed by atoms with Crippen molar-refractivity contribution >= 4 is 17.5 Å². The first-order valence-electron chi connectivity index (χ1n) is 9.98. The van der Waals surface area contributed by atoms with E-state index in [1.165, 1.54) is 0 Å². The molecule has 1 fully saturated rings. The van der Waals surface area contributed by atoms with E-state index in [1.807, 2.05) is 84.9 Å². The maximum Gasteiger partial charge on any atom is 0.258 e. The fourth-order valence-electron chi connectivity index (χ4n) is 3.25. The standard InChI is InChI=1S/C25H24N2O2/c28-24(21-15-16-21)26-17-19-11-13-22(14-12-19)25(29)27(23-9-5-2-6-10-23)18-20-7-3-1-4-8-20/h1-14,21H,15-18H2,(H,26,28). The van der Waals surface area contributed by atoms with Crippen LogP contribution in [0, 0.1) is 5.92 Å². The third kappa shape index (κ3) is 4.91. The molecule has 1 aliphatic rings. The molecule has 0 atom stereocenters. The zero-order valence-electron chi connectivity index (χ0n) is 16.3.